The number of rotatable bonds is 0. The molecule has 2 N–H and O–H groups in total. The molecule has 42 valence electrons. The van der Waals surface area contributed by atoms with Crippen LogP contribution in [0.25, 0.3) is 0 Å². The molecule has 1 aliphatic carbocycles. The van der Waals surface area contributed by atoms with E-state index in [1.165, 1.54) is 0 Å². The van der Waals surface area contributed by atoms with E-state index in [1.54, 1.807) is 0 Å². The van der Waals surface area contributed by atoms with E-state index in [0.717, 1.165) is 0 Å². The fraction of sp³-hybridized carbons (Fsp3) is 1.00. The molecule has 0 radical (unpaired) electrons. The number of hydrogen-bond acceptors (Lipinski definition) is 2. The zero-order chi connectivity index (χ0) is 5.49. The van der Waals surface area contributed by atoms with E-state index in [4.69, 9.17) is 10.2 Å². The van der Waals surface area contributed by atoms with E-state index >= 15 is 0 Å². The van der Waals surface area contributed by atoms with Crippen LogP contribution in [0.2, 0.25) is 0 Å². The minimum absolute atomic E-state index is 0.0775. The van der Waals surface area contributed by atoms with Crippen molar-refractivity contribution in [2.75, 3.05) is 0 Å². The van der Waals surface area contributed by atoms with Crippen LogP contribution in [-0.4, -0.2) is 22.2 Å². The van der Waals surface area contributed by atoms with Gasteiger partial charge in [-0.05, 0) is 6.42 Å². The molecule has 0 saturated heterocycles. The van der Waals surface area contributed by atoms with Gasteiger partial charge in [0, 0.05) is 6.42 Å². The average molecular weight is 106 g/mol. The molecule has 1 saturated carbocycles. The summed E-state index contributed by atoms with van der Waals surface area (Å²) in [6.45, 7) is 0. The quantitative estimate of drug-likeness (QED) is 0.449. The van der Waals surface area contributed by atoms with Gasteiger partial charge in [0.15, 0.2) is 0 Å². The van der Waals surface area contributed by atoms with Crippen LogP contribution in [0, 0.1) is 0 Å². The van der Waals surface area contributed by atoms with Gasteiger partial charge in [-0.2, -0.15) is 0 Å². The monoisotopic (exact) mass is 106 g/mol. The van der Waals surface area contributed by atoms with Crippen molar-refractivity contribution in [3.8, 4) is 0 Å². The molecule has 0 spiro atoms. The molecule has 0 amide bonds. The maximum Gasteiger partial charge on any atom is 0.233 e. The second-order valence-corrected chi connectivity index (χ2v) is 1.87. The molecule has 0 aromatic carbocycles. The fourth-order valence-corrected chi connectivity index (χ4v) is 0.512. The van der Waals surface area contributed by atoms with Gasteiger partial charge < -0.3 is 10.2 Å². The van der Waals surface area contributed by atoms with Gasteiger partial charge in [-0.15, -0.1) is 0 Å². The van der Waals surface area contributed by atoms with Crippen molar-refractivity contribution in [3.63, 3.8) is 0 Å². The maximum atomic E-state index is 11.9. The average Bonchev–Trinajstić information content (AvgIpc) is 1.63. The van der Waals surface area contributed by atoms with Crippen molar-refractivity contribution in [2.24, 2.45) is 0 Å². The zero-order valence-corrected chi connectivity index (χ0v) is 3.76. The standard InChI is InChI=1S/C4H7FO2/c5-4(7)2-1-3(4)6/h3,6-7H,1-2H2. The van der Waals surface area contributed by atoms with Crippen LogP contribution < -0.4 is 0 Å². The summed E-state index contributed by atoms with van der Waals surface area (Å²) in [7, 11) is 0. The van der Waals surface area contributed by atoms with Crippen LogP contribution in [0.4, 0.5) is 4.39 Å². The van der Waals surface area contributed by atoms with E-state index < -0.39 is 12.0 Å². The zero-order valence-electron chi connectivity index (χ0n) is 3.76. The summed E-state index contributed by atoms with van der Waals surface area (Å²) in [5, 5.41) is 16.6. The van der Waals surface area contributed by atoms with Crippen LogP contribution in [0.5, 0.6) is 0 Å². The molecular formula is C4H7FO2. The first-order chi connectivity index (χ1) is 3.13. The van der Waals surface area contributed by atoms with Crippen molar-refractivity contribution < 1.29 is 14.6 Å². The molecule has 1 rings (SSSR count). The van der Waals surface area contributed by atoms with E-state index in [1.807, 2.05) is 0 Å². The van der Waals surface area contributed by atoms with Gasteiger partial charge in [-0.1, -0.05) is 0 Å². The van der Waals surface area contributed by atoms with Crippen LogP contribution in [-0.2, 0) is 0 Å². The minimum Gasteiger partial charge on any atom is -0.387 e. The van der Waals surface area contributed by atoms with Crippen molar-refractivity contribution in [1.29, 1.82) is 0 Å². The van der Waals surface area contributed by atoms with Gasteiger partial charge in [-0.3, -0.25) is 0 Å². The van der Waals surface area contributed by atoms with Crippen molar-refractivity contribution in [2.45, 2.75) is 24.8 Å². The number of hydrogen-bond donors (Lipinski definition) is 2. The molecule has 1 fully saturated rings. The maximum absolute atomic E-state index is 11.9. The first kappa shape index (κ1) is 5.00. The summed E-state index contributed by atoms with van der Waals surface area (Å²) in [6, 6.07) is 0. The van der Waals surface area contributed by atoms with E-state index in [-0.39, 0.29) is 6.42 Å². The molecule has 2 atom stereocenters. The van der Waals surface area contributed by atoms with Gasteiger partial charge in [0.2, 0.25) is 5.85 Å². The number of aliphatic hydroxyl groups is 2. The van der Waals surface area contributed by atoms with Gasteiger partial charge in [0.25, 0.3) is 0 Å². The van der Waals surface area contributed by atoms with E-state index in [2.05, 4.69) is 0 Å². The second kappa shape index (κ2) is 1.17. The highest BCUT2D eigenvalue weighted by atomic mass is 19.2. The largest absolute Gasteiger partial charge is 0.387 e. The lowest BCUT2D eigenvalue weighted by atomic mass is 9.90. The van der Waals surface area contributed by atoms with Crippen LogP contribution in [0.1, 0.15) is 12.8 Å². The Hall–Kier alpha value is -0.150. The first-order valence-electron chi connectivity index (χ1n) is 2.22. The van der Waals surface area contributed by atoms with Crippen LogP contribution >= 0.6 is 0 Å². The van der Waals surface area contributed by atoms with Crippen molar-refractivity contribution >= 4 is 0 Å². The molecule has 0 aliphatic heterocycles. The highest BCUT2D eigenvalue weighted by Gasteiger charge is 2.44. The van der Waals surface area contributed by atoms with E-state index in [0.29, 0.717) is 6.42 Å². The molecule has 3 heteroatoms. The van der Waals surface area contributed by atoms with Crippen LogP contribution in [0.15, 0.2) is 0 Å². The minimum atomic E-state index is -2.26. The Morgan fingerprint density at radius 3 is 2.14 bits per heavy atom. The molecule has 0 aromatic rings. The van der Waals surface area contributed by atoms with Gasteiger partial charge >= 0.3 is 0 Å². The Morgan fingerprint density at radius 1 is 1.71 bits per heavy atom. The third-order valence-electron chi connectivity index (χ3n) is 1.28. The second-order valence-electron chi connectivity index (χ2n) is 1.87. The molecular weight excluding hydrogens is 99.0 g/mol. The van der Waals surface area contributed by atoms with Crippen molar-refractivity contribution in [3.05, 3.63) is 0 Å². The smallest absolute Gasteiger partial charge is 0.233 e. The molecule has 7 heavy (non-hydrogen) atoms. The SMILES string of the molecule is OC1CCC1(O)F. The lowest BCUT2D eigenvalue weighted by Gasteiger charge is -2.33. The number of alkyl halides is 1. The van der Waals surface area contributed by atoms with Crippen molar-refractivity contribution in [1.82, 2.24) is 0 Å². The third kappa shape index (κ3) is 0.618. The molecule has 0 bridgehead atoms. The van der Waals surface area contributed by atoms with Gasteiger partial charge in [0.1, 0.15) is 6.10 Å². The topological polar surface area (TPSA) is 40.5 Å². The number of aliphatic hydroxyl groups excluding tert-OH is 1. The summed E-state index contributed by atoms with van der Waals surface area (Å²) in [6.07, 6.45) is -0.672. The summed E-state index contributed by atoms with van der Waals surface area (Å²) in [5.41, 5.74) is 0. The first-order valence-corrected chi connectivity index (χ1v) is 2.22. The van der Waals surface area contributed by atoms with Crippen LogP contribution in [0.3, 0.4) is 0 Å². The molecule has 1 aliphatic rings. The van der Waals surface area contributed by atoms with Gasteiger partial charge in [-0.25, -0.2) is 4.39 Å². The highest BCUT2D eigenvalue weighted by Crippen LogP contribution is 2.32. The summed E-state index contributed by atoms with van der Waals surface area (Å²) in [5.74, 6) is -2.26. The normalized spacial score (nSPS) is 51.0. The molecule has 2 unspecified atom stereocenters. The Kier molecular flexibility index (Phi) is 0.834. The Bertz CT molecular complexity index is 81.8. The lowest BCUT2D eigenvalue weighted by Crippen LogP contribution is -2.47. The summed E-state index contributed by atoms with van der Waals surface area (Å²) in [4.78, 5) is 0. The summed E-state index contributed by atoms with van der Waals surface area (Å²) < 4.78 is 11.9. The Labute approximate surface area is 40.6 Å². The van der Waals surface area contributed by atoms with Gasteiger partial charge in [0.05, 0.1) is 0 Å². The Balaban J connectivity index is 2.43. The highest BCUT2D eigenvalue weighted by molar-refractivity contribution is 4.86. The predicted octanol–water partition coefficient (Wildman–Crippen LogP) is -0.201. The predicted molar refractivity (Wildman–Crippen MR) is 21.3 cm³/mol. The third-order valence-corrected chi connectivity index (χ3v) is 1.28. The fourth-order valence-electron chi connectivity index (χ4n) is 0.512. The van der Waals surface area contributed by atoms with E-state index in [9.17, 15) is 4.39 Å². The molecule has 2 nitrogen and oxygen atoms in total. The lowest BCUT2D eigenvalue weighted by molar-refractivity contribution is -0.228. The summed E-state index contributed by atoms with van der Waals surface area (Å²) >= 11 is 0. The Morgan fingerprint density at radius 2 is 2.14 bits per heavy atom. The molecule has 0 aromatic heterocycles. The molecule has 0 heterocycles. The number of halogens is 1.